The van der Waals surface area contributed by atoms with E-state index in [1.807, 2.05) is 18.2 Å². The van der Waals surface area contributed by atoms with Crippen molar-refractivity contribution in [3.8, 4) is 0 Å². The summed E-state index contributed by atoms with van der Waals surface area (Å²) in [6.45, 7) is 2.12. The van der Waals surface area contributed by atoms with Crippen LogP contribution in [-0.4, -0.2) is 40.5 Å². The highest BCUT2D eigenvalue weighted by Gasteiger charge is 2.16. The number of carboxylic acid groups (broad SMARTS) is 1. The number of hydrogen-bond acceptors (Lipinski definition) is 4. The zero-order valence-corrected chi connectivity index (χ0v) is 10.7. The number of fused-ring (bicyclic) bond motifs is 1. The number of nitrogens with zero attached hydrogens (tertiary/aromatic N) is 2. The third-order valence-electron chi connectivity index (χ3n) is 2.82. The van der Waals surface area contributed by atoms with Gasteiger partial charge in [-0.25, -0.2) is 9.78 Å². The quantitative estimate of drug-likeness (QED) is 0.841. The first-order valence-corrected chi connectivity index (χ1v) is 5.82. The summed E-state index contributed by atoms with van der Waals surface area (Å²) >= 11 is 0. The van der Waals surface area contributed by atoms with Crippen LogP contribution in [0.4, 0.5) is 0 Å². The van der Waals surface area contributed by atoms with Crippen LogP contribution >= 0.6 is 0 Å². The summed E-state index contributed by atoms with van der Waals surface area (Å²) in [5.41, 5.74) is 2.46. The molecular weight excluding hydrogens is 248 g/mol. The van der Waals surface area contributed by atoms with Gasteiger partial charge in [-0.1, -0.05) is 6.07 Å². The number of benzene rings is 1. The molecule has 0 radical (unpaired) electrons. The number of carbonyl (C=O) groups excluding carboxylic acids is 1. The minimum absolute atomic E-state index is 0.341. The molecule has 0 spiro atoms. The van der Waals surface area contributed by atoms with E-state index in [0.29, 0.717) is 18.9 Å². The lowest BCUT2D eigenvalue weighted by molar-refractivity contribution is -0.155. The normalized spacial score (nSPS) is 10.6. The maximum absolute atomic E-state index is 11.2. The van der Waals surface area contributed by atoms with Crippen molar-refractivity contribution in [2.75, 3.05) is 13.6 Å². The van der Waals surface area contributed by atoms with Gasteiger partial charge in [0.15, 0.2) is 11.5 Å². The molecule has 6 heteroatoms. The van der Waals surface area contributed by atoms with Gasteiger partial charge < -0.3 is 14.4 Å². The van der Waals surface area contributed by atoms with E-state index in [1.54, 1.807) is 6.92 Å². The highest BCUT2D eigenvalue weighted by atomic mass is 16.4. The molecule has 19 heavy (non-hydrogen) atoms. The fourth-order valence-corrected chi connectivity index (χ4v) is 1.81. The number of aliphatic carboxylic acids is 1. The van der Waals surface area contributed by atoms with Crippen LogP contribution in [0.15, 0.2) is 22.6 Å². The maximum atomic E-state index is 11.2. The van der Waals surface area contributed by atoms with Crippen molar-refractivity contribution in [3.63, 3.8) is 0 Å². The zero-order chi connectivity index (χ0) is 14.0. The molecule has 0 atom stereocenters. The van der Waals surface area contributed by atoms with E-state index in [9.17, 15) is 9.59 Å². The summed E-state index contributed by atoms with van der Waals surface area (Å²) in [6.07, 6.45) is 0.567. The predicted octanol–water partition coefficient (Wildman–Crippen LogP) is 1.22. The van der Waals surface area contributed by atoms with Crippen LogP contribution in [0.3, 0.4) is 0 Å². The second kappa shape index (κ2) is 5.09. The molecule has 1 aromatic heterocycles. The van der Waals surface area contributed by atoms with Crippen LogP contribution in [-0.2, 0) is 16.0 Å². The predicted molar refractivity (Wildman–Crippen MR) is 67.7 cm³/mol. The van der Waals surface area contributed by atoms with Crippen molar-refractivity contribution in [1.82, 2.24) is 9.88 Å². The summed E-state index contributed by atoms with van der Waals surface area (Å²) < 4.78 is 5.36. The molecule has 0 saturated heterocycles. The number of oxazole rings is 1. The van der Waals surface area contributed by atoms with E-state index in [1.165, 1.54) is 11.9 Å². The molecule has 1 heterocycles. The second-order valence-electron chi connectivity index (χ2n) is 4.32. The molecule has 0 bridgehead atoms. The SMILES string of the molecule is Cc1nc2cc(CCN(C)C(=O)C(=O)O)ccc2o1. The Morgan fingerprint density at radius 2 is 2.16 bits per heavy atom. The molecule has 0 aliphatic rings. The molecule has 0 saturated carbocycles. The summed E-state index contributed by atoms with van der Waals surface area (Å²) in [6, 6.07) is 5.58. The molecule has 1 N–H and O–H groups in total. The van der Waals surface area contributed by atoms with Crippen LogP contribution in [0.25, 0.3) is 11.1 Å². The van der Waals surface area contributed by atoms with Crippen LogP contribution in [0.1, 0.15) is 11.5 Å². The Morgan fingerprint density at radius 3 is 2.84 bits per heavy atom. The van der Waals surface area contributed by atoms with Crippen molar-refractivity contribution in [3.05, 3.63) is 29.7 Å². The Hall–Kier alpha value is -2.37. The molecule has 0 fully saturated rings. The minimum Gasteiger partial charge on any atom is -0.474 e. The molecule has 100 valence electrons. The fourth-order valence-electron chi connectivity index (χ4n) is 1.81. The first-order valence-electron chi connectivity index (χ1n) is 5.82. The van der Waals surface area contributed by atoms with Gasteiger partial charge in [0.1, 0.15) is 5.52 Å². The molecule has 1 amide bonds. The van der Waals surface area contributed by atoms with Gasteiger partial charge in [0.2, 0.25) is 0 Å². The van der Waals surface area contributed by atoms with E-state index >= 15 is 0 Å². The average molecular weight is 262 g/mol. The second-order valence-corrected chi connectivity index (χ2v) is 4.32. The lowest BCUT2D eigenvalue weighted by Crippen LogP contribution is -2.34. The molecule has 0 aliphatic heterocycles. The van der Waals surface area contributed by atoms with E-state index in [2.05, 4.69) is 4.98 Å². The molecule has 0 unspecified atom stereocenters. The first-order chi connectivity index (χ1) is 8.97. The monoisotopic (exact) mass is 262 g/mol. The first kappa shape index (κ1) is 13.1. The summed E-state index contributed by atoms with van der Waals surface area (Å²) in [7, 11) is 1.47. The number of hydrogen-bond donors (Lipinski definition) is 1. The van der Waals surface area contributed by atoms with Crippen molar-refractivity contribution >= 4 is 23.0 Å². The minimum atomic E-state index is -1.44. The standard InChI is InChI=1S/C13H14N2O4/c1-8-14-10-7-9(3-4-11(10)19-8)5-6-15(2)12(16)13(17)18/h3-4,7H,5-6H2,1-2H3,(H,17,18). The number of amides is 1. The molecule has 0 aliphatic carbocycles. The summed E-state index contributed by atoms with van der Waals surface area (Å²) in [4.78, 5) is 27.1. The molecule has 6 nitrogen and oxygen atoms in total. The lowest BCUT2D eigenvalue weighted by Gasteiger charge is -2.14. The third-order valence-corrected chi connectivity index (χ3v) is 2.82. The van der Waals surface area contributed by atoms with Crippen LogP contribution < -0.4 is 0 Å². The van der Waals surface area contributed by atoms with Gasteiger partial charge in [0, 0.05) is 20.5 Å². The highest BCUT2D eigenvalue weighted by molar-refractivity contribution is 6.31. The number of aromatic nitrogens is 1. The van der Waals surface area contributed by atoms with Crippen molar-refractivity contribution in [1.29, 1.82) is 0 Å². The van der Waals surface area contributed by atoms with Gasteiger partial charge >= 0.3 is 11.9 Å². The van der Waals surface area contributed by atoms with Crippen LogP contribution in [0, 0.1) is 6.92 Å². The third kappa shape index (κ3) is 2.90. The lowest BCUT2D eigenvalue weighted by atomic mass is 10.1. The Bertz CT molecular complexity index is 633. The van der Waals surface area contributed by atoms with Gasteiger partial charge in [-0.3, -0.25) is 4.79 Å². The fraction of sp³-hybridized carbons (Fsp3) is 0.308. The largest absolute Gasteiger partial charge is 0.474 e. The average Bonchev–Trinajstić information content (AvgIpc) is 2.74. The van der Waals surface area contributed by atoms with Gasteiger partial charge in [-0.05, 0) is 24.1 Å². The van der Waals surface area contributed by atoms with Crippen molar-refractivity contribution in [2.45, 2.75) is 13.3 Å². The number of rotatable bonds is 3. The van der Waals surface area contributed by atoms with Gasteiger partial charge in [0.05, 0.1) is 0 Å². The molecule has 2 rings (SSSR count). The zero-order valence-electron chi connectivity index (χ0n) is 10.7. The van der Waals surface area contributed by atoms with Crippen molar-refractivity contribution in [2.24, 2.45) is 0 Å². The Kier molecular flexibility index (Phi) is 3.50. The number of likely N-dealkylation sites (N-methyl/N-ethyl adjacent to an activating group) is 1. The van der Waals surface area contributed by atoms with E-state index < -0.39 is 11.9 Å². The Balaban J connectivity index is 2.05. The maximum Gasteiger partial charge on any atom is 0.394 e. The number of carboxylic acids is 1. The Labute approximate surface area is 109 Å². The van der Waals surface area contributed by atoms with Crippen molar-refractivity contribution < 1.29 is 19.1 Å². The summed E-state index contributed by atoms with van der Waals surface area (Å²) in [5, 5.41) is 8.58. The topological polar surface area (TPSA) is 83.6 Å². The van der Waals surface area contributed by atoms with Crippen LogP contribution in [0.2, 0.25) is 0 Å². The van der Waals surface area contributed by atoms with Crippen LogP contribution in [0.5, 0.6) is 0 Å². The van der Waals surface area contributed by atoms with E-state index in [0.717, 1.165) is 16.7 Å². The summed E-state index contributed by atoms with van der Waals surface area (Å²) in [5.74, 6) is -1.74. The molecular formula is C13H14N2O4. The highest BCUT2D eigenvalue weighted by Crippen LogP contribution is 2.17. The van der Waals surface area contributed by atoms with Gasteiger partial charge in [0.25, 0.3) is 0 Å². The van der Waals surface area contributed by atoms with Gasteiger partial charge in [-0.2, -0.15) is 0 Å². The number of aryl methyl sites for hydroxylation is 1. The van der Waals surface area contributed by atoms with E-state index in [4.69, 9.17) is 9.52 Å². The number of carbonyl (C=O) groups is 2. The Morgan fingerprint density at radius 1 is 1.42 bits per heavy atom. The van der Waals surface area contributed by atoms with Gasteiger partial charge in [-0.15, -0.1) is 0 Å². The molecule has 1 aromatic carbocycles. The smallest absolute Gasteiger partial charge is 0.394 e. The van der Waals surface area contributed by atoms with E-state index in [-0.39, 0.29) is 0 Å². The molecule has 2 aromatic rings.